The van der Waals surface area contributed by atoms with Gasteiger partial charge in [0.25, 0.3) is 10.0 Å². The van der Waals surface area contributed by atoms with Crippen molar-refractivity contribution in [2.24, 2.45) is 0 Å². The van der Waals surface area contributed by atoms with E-state index in [0.717, 1.165) is 35.8 Å². The van der Waals surface area contributed by atoms with Crippen molar-refractivity contribution < 1.29 is 8.42 Å². The van der Waals surface area contributed by atoms with Crippen molar-refractivity contribution in [3.63, 3.8) is 0 Å². The van der Waals surface area contributed by atoms with Gasteiger partial charge in [-0.25, -0.2) is 13.4 Å². The monoisotopic (exact) mass is 488 g/mol. The second kappa shape index (κ2) is 9.74. The van der Waals surface area contributed by atoms with Gasteiger partial charge >= 0.3 is 0 Å². The third-order valence-electron chi connectivity index (χ3n) is 5.58. The van der Waals surface area contributed by atoms with Crippen LogP contribution < -0.4 is 10.0 Å². The molecule has 1 aromatic carbocycles. The molecule has 0 radical (unpaired) electrons. The maximum absolute atomic E-state index is 13.0. The second-order valence-electron chi connectivity index (χ2n) is 8.03. The van der Waals surface area contributed by atoms with Gasteiger partial charge in [-0.15, -0.1) is 22.7 Å². The minimum Gasteiger partial charge on any atom is -0.397 e. The summed E-state index contributed by atoms with van der Waals surface area (Å²) in [6, 6.07) is 7.11. The number of hydrogen-bond acceptors (Lipinski definition) is 7. The summed E-state index contributed by atoms with van der Waals surface area (Å²) in [5.74, 6) is 0. The van der Waals surface area contributed by atoms with Gasteiger partial charge in [-0.1, -0.05) is 18.6 Å². The fourth-order valence-corrected chi connectivity index (χ4v) is 7.24. The number of thiophene rings is 1. The zero-order chi connectivity index (χ0) is 22.7. The number of hydrogen-bond donors (Lipinski definition) is 1. The number of nitrogens with zero attached hydrogens (tertiary/aromatic N) is 3. The number of sulfonamides is 1. The van der Waals surface area contributed by atoms with Gasteiger partial charge in [0, 0.05) is 24.7 Å². The number of aryl methyl sites for hydroxylation is 1. The van der Waals surface area contributed by atoms with E-state index in [1.54, 1.807) is 23.5 Å². The van der Waals surface area contributed by atoms with Crippen molar-refractivity contribution in [3.05, 3.63) is 56.9 Å². The van der Waals surface area contributed by atoms with Crippen LogP contribution in [0.4, 0.5) is 11.4 Å². The van der Waals surface area contributed by atoms with Gasteiger partial charge in [0.15, 0.2) is 0 Å². The van der Waals surface area contributed by atoms with Crippen LogP contribution in [-0.4, -0.2) is 38.4 Å². The highest BCUT2D eigenvalue weighted by molar-refractivity contribution is 7.94. The quantitative estimate of drug-likeness (QED) is 0.469. The number of rotatable bonds is 7. The predicted molar refractivity (Wildman–Crippen MR) is 136 cm³/mol. The lowest BCUT2D eigenvalue weighted by Gasteiger charge is -2.25. The molecule has 0 atom stereocenters. The van der Waals surface area contributed by atoms with Gasteiger partial charge in [0.2, 0.25) is 0 Å². The molecule has 1 fully saturated rings. The Morgan fingerprint density at radius 1 is 1.22 bits per heavy atom. The molecule has 3 aromatic rings. The number of para-hydroxylation sites is 1. The molecule has 0 amide bonds. The van der Waals surface area contributed by atoms with Crippen LogP contribution >= 0.6 is 22.7 Å². The molecule has 0 spiro atoms. The lowest BCUT2D eigenvalue weighted by molar-refractivity contribution is 0.222. The van der Waals surface area contributed by atoms with Gasteiger partial charge in [0.1, 0.15) is 9.22 Å². The number of benzene rings is 1. The van der Waals surface area contributed by atoms with Gasteiger partial charge < -0.3 is 5.73 Å². The van der Waals surface area contributed by atoms with Gasteiger partial charge in [-0.2, -0.15) is 0 Å². The summed E-state index contributed by atoms with van der Waals surface area (Å²) in [5.41, 5.74) is 8.95. The van der Waals surface area contributed by atoms with E-state index in [-0.39, 0.29) is 0 Å². The number of aromatic nitrogens is 1. The Balaban J connectivity index is 1.51. The Hall–Kier alpha value is -2.20. The second-order valence-corrected chi connectivity index (χ2v) is 12.3. The highest BCUT2D eigenvalue weighted by atomic mass is 32.2. The molecule has 1 aliphatic rings. The molecule has 0 unspecified atom stereocenters. The van der Waals surface area contributed by atoms with Crippen LogP contribution in [0.5, 0.6) is 0 Å². The number of thiazole rings is 1. The Labute approximate surface area is 198 Å². The van der Waals surface area contributed by atoms with Gasteiger partial charge in [0.05, 0.1) is 11.4 Å². The van der Waals surface area contributed by atoms with E-state index >= 15 is 0 Å². The van der Waals surface area contributed by atoms with Crippen LogP contribution in [0.15, 0.2) is 40.1 Å². The topological polar surface area (TPSA) is 79.5 Å². The van der Waals surface area contributed by atoms with E-state index in [9.17, 15) is 8.42 Å². The maximum Gasteiger partial charge on any atom is 0.273 e. The van der Waals surface area contributed by atoms with Crippen LogP contribution in [-0.2, 0) is 16.6 Å². The molecule has 0 saturated carbocycles. The van der Waals surface area contributed by atoms with E-state index in [2.05, 4.69) is 9.88 Å². The molecule has 1 aliphatic heterocycles. The lowest BCUT2D eigenvalue weighted by Crippen LogP contribution is -2.28. The van der Waals surface area contributed by atoms with Crippen LogP contribution in [0.3, 0.4) is 0 Å². The Morgan fingerprint density at radius 3 is 2.72 bits per heavy atom. The molecule has 9 heteroatoms. The van der Waals surface area contributed by atoms with E-state index in [1.165, 1.54) is 46.8 Å². The molecule has 4 rings (SSSR count). The van der Waals surface area contributed by atoms with E-state index < -0.39 is 10.0 Å². The number of nitrogen functional groups attached to an aromatic ring is 1. The largest absolute Gasteiger partial charge is 0.397 e. The van der Waals surface area contributed by atoms with E-state index in [1.807, 2.05) is 42.8 Å². The molecule has 1 saturated heterocycles. The molecule has 170 valence electrons. The highest BCUT2D eigenvalue weighted by Gasteiger charge is 2.24. The predicted octanol–water partition coefficient (Wildman–Crippen LogP) is 5.08. The van der Waals surface area contributed by atoms with Crippen LogP contribution in [0, 0.1) is 6.92 Å². The van der Waals surface area contributed by atoms with Crippen LogP contribution in [0.1, 0.15) is 40.3 Å². The Morgan fingerprint density at radius 2 is 2.00 bits per heavy atom. The average Bonchev–Trinajstić information content (AvgIpc) is 3.42. The summed E-state index contributed by atoms with van der Waals surface area (Å²) >= 11 is 2.90. The highest BCUT2D eigenvalue weighted by Crippen LogP contribution is 2.33. The lowest BCUT2D eigenvalue weighted by atomic mass is 10.1. The smallest absolute Gasteiger partial charge is 0.273 e. The summed E-state index contributed by atoms with van der Waals surface area (Å²) in [6.07, 6.45) is 9.67. The number of anilines is 2. The molecule has 2 aromatic heterocycles. The first-order chi connectivity index (χ1) is 15.3. The van der Waals surface area contributed by atoms with Crippen molar-refractivity contribution >= 4 is 56.2 Å². The molecule has 2 N–H and O–H groups in total. The number of likely N-dealkylation sites (tertiary alicyclic amines) is 1. The summed E-state index contributed by atoms with van der Waals surface area (Å²) in [5, 5.41) is 2.74. The summed E-state index contributed by atoms with van der Waals surface area (Å²) in [7, 11) is -2.12. The zero-order valence-corrected chi connectivity index (χ0v) is 20.8. The fraction of sp³-hybridized carbons (Fsp3) is 0.348. The first-order valence-corrected chi connectivity index (χ1v) is 13.8. The molecular weight excluding hydrogens is 460 g/mol. The normalized spacial score (nSPS) is 15.4. The fourth-order valence-electron chi connectivity index (χ4n) is 3.77. The number of piperidine rings is 1. The molecule has 0 aliphatic carbocycles. The van der Waals surface area contributed by atoms with Crippen molar-refractivity contribution in [3.8, 4) is 0 Å². The van der Waals surface area contributed by atoms with Crippen molar-refractivity contribution in [2.75, 3.05) is 30.2 Å². The zero-order valence-electron chi connectivity index (χ0n) is 18.3. The third-order valence-corrected chi connectivity index (χ3v) is 9.83. The molecule has 6 nitrogen and oxygen atoms in total. The van der Waals surface area contributed by atoms with E-state index in [4.69, 9.17) is 5.73 Å². The summed E-state index contributed by atoms with van der Waals surface area (Å²) in [6.45, 7) is 5.15. The average molecular weight is 489 g/mol. The van der Waals surface area contributed by atoms with Crippen molar-refractivity contribution in [1.29, 1.82) is 0 Å². The number of nitrogens with two attached hydrogens (primary N) is 1. The Bertz CT molecular complexity index is 1210. The van der Waals surface area contributed by atoms with E-state index in [0.29, 0.717) is 15.6 Å². The SMILES string of the molecule is Cc1csc(S(=O)(=O)N(C)c2cccc(/C=C/c3ncc(CN4CCCCC4)s3)c2N)c1. The molecule has 3 heterocycles. The standard InChI is InChI=1S/C23H28N4O2S3/c1-17-13-22(30-16-17)32(28,29)26(2)20-8-6-7-18(23(20)24)9-10-21-25-14-19(31-21)15-27-11-4-3-5-12-27/h6-10,13-14,16H,3-5,11-12,15,24H2,1-2H3/b10-9+. The van der Waals surface area contributed by atoms with Crippen molar-refractivity contribution in [2.45, 2.75) is 36.9 Å². The van der Waals surface area contributed by atoms with Gasteiger partial charge in [-0.3, -0.25) is 9.21 Å². The first kappa shape index (κ1) is 23.0. The van der Waals surface area contributed by atoms with Gasteiger partial charge in [-0.05, 0) is 73.6 Å². The summed E-state index contributed by atoms with van der Waals surface area (Å²) < 4.78 is 27.6. The minimum absolute atomic E-state index is 0.307. The maximum atomic E-state index is 13.0. The van der Waals surface area contributed by atoms with Crippen molar-refractivity contribution in [1.82, 2.24) is 9.88 Å². The molecular formula is C23H28N4O2S3. The summed E-state index contributed by atoms with van der Waals surface area (Å²) in [4.78, 5) is 8.26. The minimum atomic E-state index is -3.66. The van der Waals surface area contributed by atoms with Crippen LogP contribution in [0.25, 0.3) is 12.2 Å². The molecule has 32 heavy (non-hydrogen) atoms. The Kier molecular flexibility index (Phi) is 6.99. The van der Waals surface area contributed by atoms with Crippen LogP contribution in [0.2, 0.25) is 0 Å². The first-order valence-electron chi connectivity index (χ1n) is 10.6. The third kappa shape index (κ3) is 5.06. The molecule has 0 bridgehead atoms.